The molecule has 1 aromatic carbocycles. The Bertz CT molecular complexity index is 428. The van der Waals surface area contributed by atoms with E-state index in [0.29, 0.717) is 19.6 Å². The van der Waals surface area contributed by atoms with Crippen molar-refractivity contribution in [3.8, 4) is 0 Å². The lowest BCUT2D eigenvalue weighted by molar-refractivity contribution is -0.125. The van der Waals surface area contributed by atoms with Crippen LogP contribution in [0, 0.1) is 6.92 Å². The molecule has 98 valence electrons. The Morgan fingerprint density at radius 1 is 1.50 bits per heavy atom. The molecule has 1 aliphatic rings. The molecule has 0 spiro atoms. The first-order chi connectivity index (χ1) is 8.56. The minimum atomic E-state index is -0.258. The number of likely N-dealkylation sites (tertiary alicyclic amines) is 1. The van der Waals surface area contributed by atoms with E-state index in [0.717, 1.165) is 5.56 Å². The molecule has 1 saturated heterocycles. The number of carbonyl (C=O) groups excluding carboxylic acids is 1. The van der Waals surface area contributed by atoms with E-state index in [1.54, 1.807) is 0 Å². The minimum absolute atomic E-state index is 0.0117. The number of benzene rings is 1. The molecule has 1 aromatic rings. The molecule has 0 bridgehead atoms. The molecule has 1 amide bonds. The average Bonchev–Trinajstić information content (AvgIpc) is 2.27. The van der Waals surface area contributed by atoms with Crippen molar-refractivity contribution in [3.05, 3.63) is 35.4 Å². The Morgan fingerprint density at radius 3 is 2.78 bits per heavy atom. The zero-order chi connectivity index (χ0) is 13.1. The fraction of sp³-hybridized carbons (Fsp3) is 0.500. The number of nitrogens with zero attached hydrogens (tertiary/aromatic N) is 1. The second kappa shape index (κ2) is 5.50. The van der Waals surface area contributed by atoms with Gasteiger partial charge >= 0.3 is 0 Å². The lowest BCUT2D eigenvalue weighted by Crippen LogP contribution is -2.54. The number of aliphatic hydroxyl groups is 1. The zero-order valence-corrected chi connectivity index (χ0v) is 10.9. The monoisotopic (exact) mass is 248 g/mol. The van der Waals surface area contributed by atoms with Crippen LogP contribution in [0.15, 0.2) is 24.3 Å². The van der Waals surface area contributed by atoms with Gasteiger partial charge in [0.15, 0.2) is 0 Å². The maximum atomic E-state index is 11.8. The molecule has 1 fully saturated rings. The lowest BCUT2D eigenvalue weighted by Gasteiger charge is -2.35. The number of rotatable bonds is 4. The molecule has 0 aromatic heterocycles. The SMILES string of the molecule is Cc1ccccc1C(C)NC(=O)CN1CC(O)C1. The highest BCUT2D eigenvalue weighted by Crippen LogP contribution is 2.16. The van der Waals surface area contributed by atoms with Crippen LogP contribution in [0.4, 0.5) is 0 Å². The molecule has 2 rings (SSSR count). The van der Waals surface area contributed by atoms with Crippen molar-refractivity contribution in [2.24, 2.45) is 0 Å². The average molecular weight is 248 g/mol. The van der Waals surface area contributed by atoms with E-state index in [-0.39, 0.29) is 18.1 Å². The van der Waals surface area contributed by atoms with Gasteiger partial charge in [0, 0.05) is 13.1 Å². The van der Waals surface area contributed by atoms with Gasteiger partial charge in [-0.2, -0.15) is 0 Å². The Balaban J connectivity index is 1.85. The molecule has 1 atom stereocenters. The van der Waals surface area contributed by atoms with Crippen LogP contribution in [-0.4, -0.2) is 41.7 Å². The molecule has 4 nitrogen and oxygen atoms in total. The fourth-order valence-electron chi connectivity index (χ4n) is 2.31. The Labute approximate surface area is 108 Å². The summed E-state index contributed by atoms with van der Waals surface area (Å²) >= 11 is 0. The Kier molecular flexibility index (Phi) is 3.99. The van der Waals surface area contributed by atoms with Gasteiger partial charge in [-0.25, -0.2) is 0 Å². The minimum Gasteiger partial charge on any atom is -0.390 e. The van der Waals surface area contributed by atoms with Gasteiger partial charge in [-0.3, -0.25) is 9.69 Å². The number of β-amino-alcohol motifs (C(OH)–C–C–N with tert-alkyl or cyclic N) is 1. The topological polar surface area (TPSA) is 52.6 Å². The van der Waals surface area contributed by atoms with Crippen molar-refractivity contribution in [2.75, 3.05) is 19.6 Å². The second-order valence-electron chi connectivity index (χ2n) is 4.99. The van der Waals surface area contributed by atoms with Gasteiger partial charge in [-0.1, -0.05) is 24.3 Å². The molecular formula is C14H20N2O2. The molecule has 18 heavy (non-hydrogen) atoms. The van der Waals surface area contributed by atoms with Crippen LogP contribution in [0.2, 0.25) is 0 Å². The van der Waals surface area contributed by atoms with Crippen LogP contribution >= 0.6 is 0 Å². The van der Waals surface area contributed by atoms with Crippen molar-refractivity contribution in [1.82, 2.24) is 10.2 Å². The summed E-state index contributed by atoms with van der Waals surface area (Å²) in [4.78, 5) is 13.7. The molecule has 0 radical (unpaired) electrons. The highest BCUT2D eigenvalue weighted by molar-refractivity contribution is 5.78. The van der Waals surface area contributed by atoms with Crippen LogP contribution in [0.3, 0.4) is 0 Å². The molecule has 0 aliphatic carbocycles. The first-order valence-corrected chi connectivity index (χ1v) is 6.31. The van der Waals surface area contributed by atoms with Crippen LogP contribution in [-0.2, 0) is 4.79 Å². The quantitative estimate of drug-likeness (QED) is 0.830. The predicted molar refractivity (Wildman–Crippen MR) is 70.2 cm³/mol. The van der Waals surface area contributed by atoms with E-state index in [1.165, 1.54) is 5.56 Å². The second-order valence-corrected chi connectivity index (χ2v) is 4.99. The van der Waals surface area contributed by atoms with Crippen molar-refractivity contribution >= 4 is 5.91 Å². The van der Waals surface area contributed by atoms with Crippen molar-refractivity contribution in [1.29, 1.82) is 0 Å². The molecule has 4 heteroatoms. The summed E-state index contributed by atoms with van der Waals surface area (Å²) in [7, 11) is 0. The van der Waals surface area contributed by atoms with Crippen molar-refractivity contribution in [3.63, 3.8) is 0 Å². The van der Waals surface area contributed by atoms with Gasteiger partial charge in [-0.05, 0) is 25.0 Å². The molecule has 1 heterocycles. The summed E-state index contributed by atoms with van der Waals surface area (Å²) < 4.78 is 0. The highest BCUT2D eigenvalue weighted by atomic mass is 16.3. The molecule has 1 unspecified atom stereocenters. The van der Waals surface area contributed by atoms with E-state index >= 15 is 0 Å². The first kappa shape index (κ1) is 13.1. The Morgan fingerprint density at radius 2 is 2.17 bits per heavy atom. The zero-order valence-electron chi connectivity index (χ0n) is 10.9. The standard InChI is InChI=1S/C14H20N2O2/c1-10-5-3-4-6-13(10)11(2)15-14(18)9-16-7-12(17)8-16/h3-6,11-12,17H,7-9H2,1-2H3,(H,15,18). The number of nitrogens with one attached hydrogen (secondary N) is 1. The van der Waals surface area contributed by atoms with Gasteiger partial charge in [-0.15, -0.1) is 0 Å². The van der Waals surface area contributed by atoms with E-state index < -0.39 is 0 Å². The maximum Gasteiger partial charge on any atom is 0.234 e. The van der Waals surface area contributed by atoms with Crippen LogP contribution < -0.4 is 5.32 Å². The predicted octanol–water partition coefficient (Wildman–Crippen LogP) is 0.849. The molecular weight excluding hydrogens is 228 g/mol. The van der Waals surface area contributed by atoms with Gasteiger partial charge in [0.25, 0.3) is 0 Å². The summed E-state index contributed by atoms with van der Waals surface area (Å²) in [6.45, 7) is 5.61. The van der Waals surface area contributed by atoms with Crippen LogP contribution in [0.25, 0.3) is 0 Å². The van der Waals surface area contributed by atoms with Gasteiger partial charge in [0.05, 0.1) is 18.7 Å². The van der Waals surface area contributed by atoms with Crippen LogP contribution in [0.1, 0.15) is 24.1 Å². The summed E-state index contributed by atoms with van der Waals surface area (Å²) in [5.41, 5.74) is 2.33. The molecule has 0 saturated carbocycles. The number of aliphatic hydroxyl groups excluding tert-OH is 1. The van der Waals surface area contributed by atoms with E-state index in [1.807, 2.05) is 43.0 Å². The third-order valence-electron chi connectivity index (χ3n) is 3.34. The Hall–Kier alpha value is -1.39. The normalized spacial score (nSPS) is 18.2. The van der Waals surface area contributed by atoms with Gasteiger partial charge in [0.2, 0.25) is 5.91 Å². The van der Waals surface area contributed by atoms with Gasteiger partial charge in [0.1, 0.15) is 0 Å². The third kappa shape index (κ3) is 3.09. The summed E-state index contributed by atoms with van der Waals surface area (Å²) in [6, 6.07) is 8.08. The number of aryl methyl sites for hydroxylation is 1. The number of hydrogen-bond acceptors (Lipinski definition) is 3. The number of amides is 1. The number of hydrogen-bond donors (Lipinski definition) is 2. The third-order valence-corrected chi connectivity index (χ3v) is 3.34. The summed E-state index contributed by atoms with van der Waals surface area (Å²) in [5.74, 6) is 0.0117. The van der Waals surface area contributed by atoms with E-state index in [4.69, 9.17) is 5.11 Å². The largest absolute Gasteiger partial charge is 0.390 e. The molecule has 2 N–H and O–H groups in total. The van der Waals surface area contributed by atoms with Crippen molar-refractivity contribution in [2.45, 2.75) is 26.0 Å². The lowest BCUT2D eigenvalue weighted by atomic mass is 10.0. The van der Waals surface area contributed by atoms with E-state index in [2.05, 4.69) is 5.32 Å². The molecule has 1 aliphatic heterocycles. The smallest absolute Gasteiger partial charge is 0.234 e. The van der Waals surface area contributed by atoms with Crippen molar-refractivity contribution < 1.29 is 9.90 Å². The van der Waals surface area contributed by atoms with Gasteiger partial charge < -0.3 is 10.4 Å². The maximum absolute atomic E-state index is 11.8. The first-order valence-electron chi connectivity index (χ1n) is 6.31. The number of carbonyl (C=O) groups is 1. The summed E-state index contributed by atoms with van der Waals surface area (Å²) in [5, 5.41) is 12.1. The van der Waals surface area contributed by atoms with Crippen LogP contribution in [0.5, 0.6) is 0 Å². The fourth-order valence-corrected chi connectivity index (χ4v) is 2.31. The van der Waals surface area contributed by atoms with E-state index in [9.17, 15) is 4.79 Å². The summed E-state index contributed by atoms with van der Waals surface area (Å²) in [6.07, 6.45) is -0.258. The highest BCUT2D eigenvalue weighted by Gasteiger charge is 2.26.